The fourth-order valence-corrected chi connectivity index (χ4v) is 2.95. The lowest BCUT2D eigenvalue weighted by atomic mass is 9.94. The summed E-state index contributed by atoms with van der Waals surface area (Å²) in [5, 5.41) is 13.5. The van der Waals surface area contributed by atoms with Crippen molar-refractivity contribution in [1.29, 1.82) is 0 Å². The number of aryl methyl sites for hydroxylation is 1. The van der Waals surface area contributed by atoms with Crippen LogP contribution in [0.15, 0.2) is 36.4 Å². The first kappa shape index (κ1) is 12.8. The number of aromatic carboxylic acids is 1. The largest absolute Gasteiger partial charge is 0.478 e. The topological polar surface area (TPSA) is 75.1 Å². The van der Waals surface area contributed by atoms with E-state index in [0.29, 0.717) is 34.3 Å². The predicted octanol–water partition coefficient (Wildman–Crippen LogP) is 3.23. The van der Waals surface area contributed by atoms with Gasteiger partial charge in [0.05, 0.1) is 16.8 Å². The van der Waals surface area contributed by atoms with Crippen molar-refractivity contribution in [3.8, 4) is 11.3 Å². The van der Waals surface area contributed by atoms with Gasteiger partial charge < -0.3 is 10.4 Å². The first-order valence-electron chi connectivity index (χ1n) is 7.02. The van der Waals surface area contributed by atoms with Gasteiger partial charge in [-0.3, -0.25) is 0 Å². The molecule has 4 rings (SSSR count). The lowest BCUT2D eigenvalue weighted by Gasteiger charge is -2.22. The molecule has 1 aliphatic rings. The Morgan fingerprint density at radius 1 is 1.18 bits per heavy atom. The Labute approximate surface area is 126 Å². The van der Waals surface area contributed by atoms with Crippen molar-refractivity contribution in [3.63, 3.8) is 0 Å². The predicted molar refractivity (Wildman–Crippen MR) is 84.0 cm³/mol. The zero-order chi connectivity index (χ0) is 15.3. The van der Waals surface area contributed by atoms with Crippen molar-refractivity contribution < 1.29 is 9.90 Å². The van der Waals surface area contributed by atoms with E-state index in [1.807, 2.05) is 37.3 Å². The molecule has 3 heterocycles. The van der Waals surface area contributed by atoms with Crippen LogP contribution in [0.5, 0.6) is 0 Å². The summed E-state index contributed by atoms with van der Waals surface area (Å²) in [5.41, 5.74) is 4.18. The van der Waals surface area contributed by atoms with Crippen molar-refractivity contribution in [1.82, 2.24) is 9.97 Å². The summed E-state index contributed by atoms with van der Waals surface area (Å²) in [5.74, 6) is -0.174. The van der Waals surface area contributed by atoms with Crippen LogP contribution in [0.2, 0.25) is 0 Å². The minimum atomic E-state index is -0.930. The molecule has 0 atom stereocenters. The van der Waals surface area contributed by atoms with Crippen LogP contribution >= 0.6 is 0 Å². The van der Waals surface area contributed by atoms with Crippen molar-refractivity contribution in [2.24, 2.45) is 0 Å². The number of para-hydroxylation sites is 1. The standard InChI is InChI=1S/C17H13N3O2/c1-9-6-7-11-15-12(8-18-16(11)19-9)14(17(21)22)10-4-2-3-5-13(10)20-15/h2-7H,8H2,1H3,(H,18,19)(H,21,22). The van der Waals surface area contributed by atoms with Crippen LogP contribution in [0.25, 0.3) is 22.2 Å². The van der Waals surface area contributed by atoms with Crippen LogP contribution in [0.3, 0.4) is 0 Å². The molecule has 0 radical (unpaired) electrons. The van der Waals surface area contributed by atoms with E-state index in [0.717, 1.165) is 17.1 Å². The SMILES string of the molecule is Cc1ccc2c(n1)NCc1c-2nc2ccccc2c1C(=O)O. The maximum Gasteiger partial charge on any atom is 0.336 e. The molecule has 5 nitrogen and oxygen atoms in total. The molecule has 0 bridgehead atoms. The summed E-state index contributed by atoms with van der Waals surface area (Å²) in [6, 6.07) is 11.2. The van der Waals surface area contributed by atoms with E-state index in [9.17, 15) is 9.90 Å². The molecule has 0 aliphatic carbocycles. The number of nitrogens with zero attached hydrogens (tertiary/aromatic N) is 2. The minimum Gasteiger partial charge on any atom is -0.478 e. The van der Waals surface area contributed by atoms with Gasteiger partial charge in [-0.1, -0.05) is 18.2 Å². The third-order valence-electron chi connectivity index (χ3n) is 3.93. The normalized spacial score (nSPS) is 12.4. The summed E-state index contributed by atoms with van der Waals surface area (Å²) in [6.45, 7) is 2.34. The second-order valence-corrected chi connectivity index (χ2v) is 5.34. The first-order valence-corrected chi connectivity index (χ1v) is 7.02. The van der Waals surface area contributed by atoms with Crippen LogP contribution in [0.1, 0.15) is 21.6 Å². The second kappa shape index (κ2) is 4.53. The van der Waals surface area contributed by atoms with Gasteiger partial charge >= 0.3 is 5.97 Å². The molecule has 1 aromatic carbocycles. The first-order chi connectivity index (χ1) is 10.6. The number of hydrogen-bond acceptors (Lipinski definition) is 4. The molecule has 3 aromatic rings. The van der Waals surface area contributed by atoms with Gasteiger partial charge in [-0.15, -0.1) is 0 Å². The third-order valence-corrected chi connectivity index (χ3v) is 3.93. The van der Waals surface area contributed by atoms with Crippen molar-refractivity contribution >= 4 is 22.7 Å². The van der Waals surface area contributed by atoms with E-state index < -0.39 is 5.97 Å². The Morgan fingerprint density at radius 2 is 2.00 bits per heavy atom. The molecule has 2 N–H and O–H groups in total. The van der Waals surface area contributed by atoms with Crippen molar-refractivity contribution in [2.75, 3.05) is 5.32 Å². The molecule has 22 heavy (non-hydrogen) atoms. The molecule has 0 saturated carbocycles. The zero-order valence-corrected chi connectivity index (χ0v) is 11.9. The Kier molecular flexibility index (Phi) is 2.63. The van der Waals surface area contributed by atoms with Crippen LogP contribution in [-0.2, 0) is 6.54 Å². The quantitative estimate of drug-likeness (QED) is 0.720. The number of carboxylic acid groups (broad SMARTS) is 1. The number of rotatable bonds is 1. The average molecular weight is 291 g/mol. The van der Waals surface area contributed by atoms with Crippen LogP contribution in [0.4, 0.5) is 5.82 Å². The number of hydrogen-bond donors (Lipinski definition) is 2. The number of benzene rings is 1. The van der Waals surface area contributed by atoms with E-state index in [-0.39, 0.29) is 0 Å². The molecule has 0 spiro atoms. The summed E-state index contributed by atoms with van der Waals surface area (Å²) in [7, 11) is 0. The number of pyridine rings is 2. The molecular formula is C17H13N3O2. The highest BCUT2D eigenvalue weighted by Gasteiger charge is 2.25. The fraction of sp³-hybridized carbons (Fsp3) is 0.118. The number of fused-ring (bicyclic) bond motifs is 4. The summed E-state index contributed by atoms with van der Waals surface area (Å²) >= 11 is 0. The monoisotopic (exact) mass is 291 g/mol. The summed E-state index contributed by atoms with van der Waals surface area (Å²) < 4.78 is 0. The molecule has 1 aliphatic heterocycles. The highest BCUT2D eigenvalue weighted by atomic mass is 16.4. The van der Waals surface area contributed by atoms with Crippen LogP contribution in [-0.4, -0.2) is 21.0 Å². The molecular weight excluding hydrogens is 278 g/mol. The van der Waals surface area contributed by atoms with Crippen LogP contribution in [0, 0.1) is 6.92 Å². The fourth-order valence-electron chi connectivity index (χ4n) is 2.95. The maximum atomic E-state index is 11.8. The average Bonchev–Trinajstić information content (AvgIpc) is 2.51. The molecule has 0 unspecified atom stereocenters. The second-order valence-electron chi connectivity index (χ2n) is 5.34. The number of carbonyl (C=O) groups is 1. The van der Waals surface area contributed by atoms with Gasteiger partial charge in [0, 0.05) is 28.8 Å². The van der Waals surface area contributed by atoms with Crippen molar-refractivity contribution in [2.45, 2.75) is 13.5 Å². The van der Waals surface area contributed by atoms with E-state index in [1.165, 1.54) is 0 Å². The van der Waals surface area contributed by atoms with Crippen LogP contribution < -0.4 is 5.32 Å². The Morgan fingerprint density at radius 3 is 2.82 bits per heavy atom. The minimum absolute atomic E-state index is 0.319. The van der Waals surface area contributed by atoms with Gasteiger partial charge in [0.25, 0.3) is 0 Å². The molecule has 2 aromatic heterocycles. The number of nitrogens with one attached hydrogen (secondary N) is 1. The smallest absolute Gasteiger partial charge is 0.336 e. The van der Waals surface area contributed by atoms with Gasteiger partial charge in [0.15, 0.2) is 0 Å². The van der Waals surface area contributed by atoms with E-state index in [2.05, 4.69) is 15.3 Å². The lowest BCUT2D eigenvalue weighted by Crippen LogP contribution is -2.17. The molecule has 5 heteroatoms. The highest BCUT2D eigenvalue weighted by molar-refractivity contribution is 6.06. The Bertz CT molecular complexity index is 935. The summed E-state index contributed by atoms with van der Waals surface area (Å²) in [6.07, 6.45) is 0. The van der Waals surface area contributed by atoms with Crippen molar-refractivity contribution in [3.05, 3.63) is 53.2 Å². The molecule has 0 amide bonds. The molecule has 0 fully saturated rings. The van der Waals surface area contributed by atoms with Gasteiger partial charge in [0.2, 0.25) is 0 Å². The number of anilines is 1. The maximum absolute atomic E-state index is 11.8. The molecule has 108 valence electrons. The lowest BCUT2D eigenvalue weighted by molar-refractivity contribution is 0.0698. The zero-order valence-electron chi connectivity index (χ0n) is 11.9. The van der Waals surface area contributed by atoms with Gasteiger partial charge in [-0.25, -0.2) is 14.8 Å². The molecule has 0 saturated heterocycles. The van der Waals surface area contributed by atoms with Gasteiger partial charge in [0.1, 0.15) is 5.82 Å². The summed E-state index contributed by atoms with van der Waals surface area (Å²) in [4.78, 5) is 20.9. The van der Waals surface area contributed by atoms with E-state index in [1.54, 1.807) is 6.07 Å². The number of aromatic nitrogens is 2. The van der Waals surface area contributed by atoms with E-state index >= 15 is 0 Å². The Hall–Kier alpha value is -2.95. The van der Waals surface area contributed by atoms with Gasteiger partial charge in [-0.2, -0.15) is 0 Å². The third kappa shape index (κ3) is 1.75. The Balaban J connectivity index is 2.12. The van der Waals surface area contributed by atoms with E-state index in [4.69, 9.17) is 0 Å². The number of carboxylic acids is 1. The highest BCUT2D eigenvalue weighted by Crippen LogP contribution is 2.37. The van der Waals surface area contributed by atoms with Gasteiger partial charge in [-0.05, 0) is 25.1 Å².